The number of benzene rings is 1. The lowest BCUT2D eigenvalue weighted by atomic mass is 9.99. The number of thiazole rings is 1. The maximum absolute atomic E-state index is 13.5. The monoisotopic (exact) mass is 478 g/mol. The molecule has 0 saturated carbocycles. The van der Waals surface area contributed by atoms with E-state index in [1.165, 1.54) is 24.4 Å². The van der Waals surface area contributed by atoms with E-state index in [2.05, 4.69) is 27.2 Å². The summed E-state index contributed by atoms with van der Waals surface area (Å²) in [6, 6.07) is 8.21. The summed E-state index contributed by atoms with van der Waals surface area (Å²) in [7, 11) is 1.77. The average Bonchev–Trinajstić information content (AvgIpc) is 3.11. The Kier molecular flexibility index (Phi) is 7.86. The maximum atomic E-state index is 13.5. The van der Waals surface area contributed by atoms with Gasteiger partial charge in [0.05, 0.1) is 16.7 Å². The molecule has 3 rings (SSSR count). The summed E-state index contributed by atoms with van der Waals surface area (Å²) in [4.78, 5) is 9.15. The number of nitrogens with zero attached hydrogens (tertiary/aromatic N) is 2. The lowest BCUT2D eigenvalue weighted by molar-refractivity contribution is -0.141. The second kappa shape index (κ2) is 10.4. The van der Waals surface area contributed by atoms with Gasteiger partial charge < -0.3 is 5.32 Å². The van der Waals surface area contributed by atoms with Crippen LogP contribution < -0.4 is 10.6 Å². The second-order valence-corrected chi connectivity index (χ2v) is 8.98. The molecule has 2 N–H and O–H groups in total. The molecule has 0 aliphatic rings. The van der Waals surface area contributed by atoms with Gasteiger partial charge in [-0.25, -0.2) is 9.37 Å². The first-order valence-electron chi connectivity index (χ1n) is 10.4. The number of halogens is 4. The smallest absolute Gasteiger partial charge is 0.390 e. The Bertz CT molecular complexity index is 1080. The van der Waals surface area contributed by atoms with Gasteiger partial charge in [0.2, 0.25) is 0 Å². The Labute approximate surface area is 194 Å². The zero-order chi connectivity index (χ0) is 24.2. The van der Waals surface area contributed by atoms with Crippen LogP contribution in [-0.2, 0) is 12.6 Å². The van der Waals surface area contributed by atoms with Crippen molar-refractivity contribution < 1.29 is 17.6 Å². The van der Waals surface area contributed by atoms with Gasteiger partial charge in [-0.1, -0.05) is 24.8 Å². The minimum absolute atomic E-state index is 0.154. The average molecular weight is 479 g/mol. The molecule has 2 aromatic heterocycles. The van der Waals surface area contributed by atoms with Crippen molar-refractivity contribution in [3.8, 4) is 0 Å². The van der Waals surface area contributed by atoms with Crippen molar-refractivity contribution >= 4 is 11.3 Å². The predicted octanol–water partition coefficient (Wildman–Crippen LogP) is 6.05. The largest absolute Gasteiger partial charge is 0.433 e. The Morgan fingerprint density at radius 2 is 1.82 bits per heavy atom. The van der Waals surface area contributed by atoms with Gasteiger partial charge >= 0.3 is 6.18 Å². The molecule has 4 nitrogen and oxygen atoms in total. The van der Waals surface area contributed by atoms with Crippen LogP contribution in [0.15, 0.2) is 54.9 Å². The minimum atomic E-state index is -4.46. The molecule has 3 aromatic rings. The van der Waals surface area contributed by atoms with E-state index in [1.807, 2.05) is 13.8 Å². The fourth-order valence-electron chi connectivity index (χ4n) is 3.61. The summed E-state index contributed by atoms with van der Waals surface area (Å²) >= 11 is 1.57. The molecule has 1 aromatic carbocycles. The zero-order valence-corrected chi connectivity index (χ0v) is 19.4. The van der Waals surface area contributed by atoms with Crippen molar-refractivity contribution in [3.63, 3.8) is 0 Å². The Morgan fingerprint density at radius 3 is 2.33 bits per heavy atom. The van der Waals surface area contributed by atoms with Gasteiger partial charge in [0, 0.05) is 29.9 Å². The van der Waals surface area contributed by atoms with Gasteiger partial charge in [0.1, 0.15) is 11.5 Å². The van der Waals surface area contributed by atoms with Crippen molar-refractivity contribution in [1.29, 1.82) is 0 Å². The summed E-state index contributed by atoms with van der Waals surface area (Å²) in [6.45, 7) is 7.97. The van der Waals surface area contributed by atoms with Gasteiger partial charge in [-0.15, -0.1) is 11.3 Å². The highest BCUT2D eigenvalue weighted by Crippen LogP contribution is 2.33. The van der Waals surface area contributed by atoms with E-state index in [0.717, 1.165) is 27.2 Å². The molecule has 9 heteroatoms. The molecule has 0 bridgehead atoms. The quantitative estimate of drug-likeness (QED) is 0.368. The van der Waals surface area contributed by atoms with Crippen LogP contribution in [-0.4, -0.2) is 17.0 Å². The number of rotatable bonds is 9. The first kappa shape index (κ1) is 24.9. The Hall–Kier alpha value is -2.78. The van der Waals surface area contributed by atoms with Crippen LogP contribution in [0.4, 0.5) is 17.6 Å². The SMILES string of the molecule is C=C(NC)[C@H](N[C@@H](CCc1ccc(C(F)(F)F)nc1)c1sc(C)nc1C)c1ccc(F)cc1. The molecule has 2 atom stereocenters. The van der Waals surface area contributed by atoms with Crippen LogP contribution in [0.25, 0.3) is 0 Å². The van der Waals surface area contributed by atoms with Crippen LogP contribution in [0.3, 0.4) is 0 Å². The van der Waals surface area contributed by atoms with Crippen molar-refractivity contribution in [2.24, 2.45) is 0 Å². The van der Waals surface area contributed by atoms with Gasteiger partial charge in [0.25, 0.3) is 0 Å². The molecule has 0 aliphatic carbocycles. The zero-order valence-electron chi connectivity index (χ0n) is 18.6. The van der Waals surface area contributed by atoms with Crippen molar-refractivity contribution in [2.45, 2.75) is 44.9 Å². The summed E-state index contributed by atoms with van der Waals surface area (Å²) < 4.78 is 52.0. The van der Waals surface area contributed by atoms with Crippen LogP contribution in [0.1, 0.15) is 50.9 Å². The van der Waals surface area contributed by atoms with Crippen molar-refractivity contribution in [1.82, 2.24) is 20.6 Å². The lowest BCUT2D eigenvalue weighted by Gasteiger charge is -2.28. The minimum Gasteiger partial charge on any atom is -0.390 e. The van der Waals surface area contributed by atoms with E-state index in [4.69, 9.17) is 0 Å². The van der Waals surface area contributed by atoms with Crippen LogP contribution in [0.2, 0.25) is 0 Å². The summed E-state index contributed by atoms with van der Waals surface area (Å²) in [6.07, 6.45) is -2.07. The van der Waals surface area contributed by atoms with Gasteiger partial charge in [-0.3, -0.25) is 10.3 Å². The number of nitrogens with one attached hydrogen (secondary N) is 2. The third-order valence-electron chi connectivity index (χ3n) is 5.33. The van der Waals surface area contributed by atoms with E-state index >= 15 is 0 Å². The summed E-state index contributed by atoms with van der Waals surface area (Å²) in [5, 5.41) is 7.60. The first-order chi connectivity index (χ1) is 15.6. The Morgan fingerprint density at radius 1 is 1.12 bits per heavy atom. The number of hydrogen-bond acceptors (Lipinski definition) is 5. The summed E-state index contributed by atoms with van der Waals surface area (Å²) in [5.41, 5.74) is 2.25. The fourth-order valence-corrected chi connectivity index (χ4v) is 4.63. The molecular weight excluding hydrogens is 452 g/mol. The predicted molar refractivity (Wildman–Crippen MR) is 122 cm³/mol. The van der Waals surface area contributed by atoms with Crippen molar-refractivity contribution in [3.05, 3.63) is 93.1 Å². The molecule has 0 radical (unpaired) electrons. The standard InChI is InChI=1S/C24H26F4N4S/c1-14(29-4)22(18-7-9-19(25)10-8-18)32-20(23-15(2)31-16(3)33-23)11-5-17-6-12-21(30-13-17)24(26,27)28/h6-10,12-13,20,22,29,32H,1,5,11H2,2-4H3/t20-,22-/m0/s1. The van der Waals surface area contributed by atoms with Crippen LogP contribution in [0, 0.1) is 19.7 Å². The normalized spacial score (nSPS) is 13.5. The van der Waals surface area contributed by atoms with E-state index in [-0.39, 0.29) is 17.9 Å². The molecule has 0 saturated heterocycles. The first-order valence-corrected chi connectivity index (χ1v) is 11.2. The van der Waals surface area contributed by atoms with Crippen LogP contribution in [0.5, 0.6) is 0 Å². The van der Waals surface area contributed by atoms with Crippen LogP contribution >= 0.6 is 11.3 Å². The fraction of sp³-hybridized carbons (Fsp3) is 0.333. The third-order valence-corrected chi connectivity index (χ3v) is 6.52. The van der Waals surface area contributed by atoms with Gasteiger partial charge in [-0.05, 0) is 56.0 Å². The number of alkyl halides is 3. The van der Waals surface area contributed by atoms with E-state index in [9.17, 15) is 17.6 Å². The van der Waals surface area contributed by atoms with E-state index in [1.54, 1.807) is 30.5 Å². The highest BCUT2D eigenvalue weighted by Gasteiger charge is 2.32. The molecule has 0 fully saturated rings. The number of aryl methyl sites for hydroxylation is 3. The third kappa shape index (κ3) is 6.39. The maximum Gasteiger partial charge on any atom is 0.433 e. The molecule has 0 unspecified atom stereocenters. The van der Waals surface area contributed by atoms with Gasteiger partial charge in [-0.2, -0.15) is 13.2 Å². The highest BCUT2D eigenvalue weighted by molar-refractivity contribution is 7.11. The van der Waals surface area contributed by atoms with Gasteiger partial charge in [0.15, 0.2) is 0 Å². The number of pyridine rings is 1. The molecule has 0 amide bonds. The Balaban J connectivity index is 1.86. The molecule has 33 heavy (non-hydrogen) atoms. The lowest BCUT2D eigenvalue weighted by Crippen LogP contribution is -2.31. The molecular formula is C24H26F4N4S. The number of likely N-dealkylation sites (N-methyl/N-ethyl adjacent to an activating group) is 1. The van der Waals surface area contributed by atoms with E-state index < -0.39 is 11.9 Å². The molecule has 0 aliphatic heterocycles. The topological polar surface area (TPSA) is 49.8 Å². The highest BCUT2D eigenvalue weighted by atomic mass is 32.1. The van der Waals surface area contributed by atoms with E-state index in [0.29, 0.717) is 24.1 Å². The molecule has 2 heterocycles. The number of hydrogen-bond donors (Lipinski definition) is 2. The number of aromatic nitrogens is 2. The molecule has 0 spiro atoms. The molecule has 176 valence electrons. The van der Waals surface area contributed by atoms with Crippen molar-refractivity contribution in [2.75, 3.05) is 7.05 Å². The second-order valence-electron chi connectivity index (χ2n) is 7.75. The summed E-state index contributed by atoms with van der Waals surface area (Å²) in [5.74, 6) is -0.326.